The molecule has 0 aliphatic carbocycles. The number of hydrogen-bond acceptors (Lipinski definition) is 3. The Morgan fingerprint density at radius 2 is 2.21 bits per heavy atom. The molecule has 1 aromatic heterocycles. The molecule has 1 aliphatic rings. The van der Waals surface area contributed by atoms with E-state index in [9.17, 15) is 4.79 Å². The second kappa shape index (κ2) is 8.06. The number of nitrogens with zero attached hydrogens (tertiary/aromatic N) is 3. The molecule has 1 fully saturated rings. The molecular formula is C17H21ClN4O2. The Kier molecular flexibility index (Phi) is 5.59. The molecule has 2 amide bonds. The fraction of sp³-hybridized carbons (Fsp3) is 0.412. The molecule has 6 nitrogen and oxygen atoms in total. The second-order valence-corrected chi connectivity index (χ2v) is 6.23. The minimum Gasteiger partial charge on any atom is -0.489 e. The van der Waals surface area contributed by atoms with E-state index in [1.165, 1.54) is 0 Å². The smallest absolute Gasteiger partial charge is 0.317 e. The number of ether oxygens (including phenoxy) is 1. The number of carbonyl (C=O) groups excluding carboxylic acids is 1. The van der Waals surface area contributed by atoms with Crippen LogP contribution in [0.5, 0.6) is 5.75 Å². The van der Waals surface area contributed by atoms with E-state index >= 15 is 0 Å². The molecule has 1 unspecified atom stereocenters. The zero-order chi connectivity index (χ0) is 16.8. The van der Waals surface area contributed by atoms with Crippen molar-refractivity contribution < 1.29 is 9.53 Å². The van der Waals surface area contributed by atoms with Crippen LogP contribution in [0.3, 0.4) is 0 Å². The van der Waals surface area contributed by atoms with Gasteiger partial charge in [0, 0.05) is 32.3 Å². The zero-order valence-electron chi connectivity index (χ0n) is 13.4. The Balaban J connectivity index is 1.35. The van der Waals surface area contributed by atoms with E-state index in [0.717, 1.165) is 31.7 Å². The van der Waals surface area contributed by atoms with Crippen LogP contribution in [0.4, 0.5) is 4.79 Å². The number of amides is 2. The molecule has 0 saturated carbocycles. The Morgan fingerprint density at radius 1 is 1.38 bits per heavy atom. The third-order valence-corrected chi connectivity index (χ3v) is 4.12. The van der Waals surface area contributed by atoms with Crippen LogP contribution in [0.1, 0.15) is 12.8 Å². The predicted molar refractivity (Wildman–Crippen MR) is 92.3 cm³/mol. The lowest BCUT2D eigenvalue weighted by Gasteiger charge is -2.18. The van der Waals surface area contributed by atoms with Crippen molar-refractivity contribution in [1.29, 1.82) is 0 Å². The SMILES string of the molecule is O=C(NCCCn1cc(Cl)cn1)N1CCC(Oc2ccccc2)C1. The van der Waals surface area contributed by atoms with Gasteiger partial charge in [0.1, 0.15) is 11.9 Å². The summed E-state index contributed by atoms with van der Waals surface area (Å²) in [5.74, 6) is 0.850. The summed E-state index contributed by atoms with van der Waals surface area (Å²) in [6.45, 7) is 2.68. The first kappa shape index (κ1) is 16.6. The number of nitrogens with one attached hydrogen (secondary N) is 1. The highest BCUT2D eigenvalue weighted by Gasteiger charge is 2.27. The lowest BCUT2D eigenvalue weighted by Crippen LogP contribution is -2.40. The molecular weight excluding hydrogens is 328 g/mol. The molecule has 24 heavy (non-hydrogen) atoms. The normalized spacial score (nSPS) is 17.0. The number of halogens is 1. The van der Waals surface area contributed by atoms with E-state index < -0.39 is 0 Å². The van der Waals surface area contributed by atoms with Crippen LogP contribution in [-0.2, 0) is 6.54 Å². The molecule has 1 atom stereocenters. The van der Waals surface area contributed by atoms with Crippen LogP contribution in [0.15, 0.2) is 42.7 Å². The average molecular weight is 349 g/mol. The monoisotopic (exact) mass is 348 g/mol. The second-order valence-electron chi connectivity index (χ2n) is 5.79. The van der Waals surface area contributed by atoms with Gasteiger partial charge in [-0.25, -0.2) is 4.79 Å². The summed E-state index contributed by atoms with van der Waals surface area (Å²) in [4.78, 5) is 14.0. The number of aromatic nitrogens is 2. The molecule has 1 aliphatic heterocycles. The minimum atomic E-state index is -0.0346. The maximum Gasteiger partial charge on any atom is 0.317 e. The number of hydrogen-bond donors (Lipinski definition) is 1. The summed E-state index contributed by atoms with van der Waals surface area (Å²) in [5, 5.41) is 7.67. The predicted octanol–water partition coefficient (Wildman–Crippen LogP) is 2.79. The first-order valence-electron chi connectivity index (χ1n) is 8.13. The Hall–Kier alpha value is -2.21. The van der Waals surface area contributed by atoms with Crippen LogP contribution in [0, 0.1) is 0 Å². The van der Waals surface area contributed by atoms with Crippen molar-refractivity contribution in [2.45, 2.75) is 25.5 Å². The quantitative estimate of drug-likeness (QED) is 0.817. The number of aryl methyl sites for hydroxylation is 1. The van der Waals surface area contributed by atoms with Crippen LogP contribution < -0.4 is 10.1 Å². The van der Waals surface area contributed by atoms with Gasteiger partial charge in [0.15, 0.2) is 0 Å². The largest absolute Gasteiger partial charge is 0.489 e. The van der Waals surface area contributed by atoms with Crippen molar-refractivity contribution in [3.8, 4) is 5.75 Å². The summed E-state index contributed by atoms with van der Waals surface area (Å²) in [6, 6.07) is 9.68. The van der Waals surface area contributed by atoms with Crippen LogP contribution in [0.2, 0.25) is 5.02 Å². The van der Waals surface area contributed by atoms with Gasteiger partial charge in [0.05, 0.1) is 17.8 Å². The zero-order valence-corrected chi connectivity index (χ0v) is 14.2. The lowest BCUT2D eigenvalue weighted by atomic mass is 10.3. The van der Waals surface area contributed by atoms with E-state index in [2.05, 4.69) is 10.4 Å². The van der Waals surface area contributed by atoms with Crippen LogP contribution >= 0.6 is 11.6 Å². The molecule has 0 spiro atoms. The third-order valence-electron chi connectivity index (χ3n) is 3.92. The number of urea groups is 1. The first-order valence-corrected chi connectivity index (χ1v) is 8.51. The number of para-hydroxylation sites is 1. The van der Waals surface area contributed by atoms with Crippen molar-refractivity contribution >= 4 is 17.6 Å². The van der Waals surface area contributed by atoms with Gasteiger partial charge in [-0.05, 0) is 18.6 Å². The fourth-order valence-corrected chi connectivity index (χ4v) is 2.87. The highest BCUT2D eigenvalue weighted by Crippen LogP contribution is 2.17. The van der Waals surface area contributed by atoms with Crippen molar-refractivity contribution in [1.82, 2.24) is 20.0 Å². The highest BCUT2D eigenvalue weighted by molar-refractivity contribution is 6.30. The van der Waals surface area contributed by atoms with Crippen molar-refractivity contribution in [2.75, 3.05) is 19.6 Å². The van der Waals surface area contributed by atoms with Gasteiger partial charge in [-0.2, -0.15) is 5.10 Å². The standard InChI is InChI=1S/C17H21ClN4O2/c18-14-11-20-22(12-14)9-4-8-19-17(23)21-10-7-16(13-21)24-15-5-2-1-3-6-15/h1-3,5-6,11-12,16H,4,7-10,13H2,(H,19,23). The maximum absolute atomic E-state index is 12.2. The van der Waals surface area contributed by atoms with E-state index in [1.54, 1.807) is 22.0 Å². The van der Waals surface area contributed by atoms with Gasteiger partial charge >= 0.3 is 6.03 Å². The van der Waals surface area contributed by atoms with Crippen LogP contribution in [0.25, 0.3) is 0 Å². The molecule has 1 saturated heterocycles. The third kappa shape index (κ3) is 4.64. The Bertz CT molecular complexity index is 662. The lowest BCUT2D eigenvalue weighted by molar-refractivity contribution is 0.187. The van der Waals surface area contributed by atoms with E-state index in [4.69, 9.17) is 16.3 Å². The van der Waals surface area contributed by atoms with E-state index in [-0.39, 0.29) is 12.1 Å². The van der Waals surface area contributed by atoms with Gasteiger partial charge in [0.25, 0.3) is 0 Å². The minimum absolute atomic E-state index is 0.0346. The summed E-state index contributed by atoms with van der Waals surface area (Å²) in [6.07, 6.45) is 5.10. The van der Waals surface area contributed by atoms with Gasteiger partial charge in [-0.3, -0.25) is 4.68 Å². The summed E-state index contributed by atoms with van der Waals surface area (Å²) < 4.78 is 7.67. The van der Waals surface area contributed by atoms with Crippen molar-refractivity contribution in [3.63, 3.8) is 0 Å². The van der Waals surface area contributed by atoms with Gasteiger partial charge in [-0.15, -0.1) is 0 Å². The van der Waals surface area contributed by atoms with Gasteiger partial charge in [0.2, 0.25) is 0 Å². The molecule has 2 aromatic rings. The molecule has 2 heterocycles. The number of rotatable bonds is 6. The topological polar surface area (TPSA) is 59.4 Å². The maximum atomic E-state index is 12.2. The van der Waals surface area contributed by atoms with E-state index in [1.807, 2.05) is 30.3 Å². The fourth-order valence-electron chi connectivity index (χ4n) is 2.71. The molecule has 0 radical (unpaired) electrons. The molecule has 1 N–H and O–H groups in total. The number of benzene rings is 1. The van der Waals surface area contributed by atoms with Crippen LogP contribution in [-0.4, -0.2) is 46.4 Å². The molecule has 128 valence electrons. The van der Waals surface area contributed by atoms with Crippen molar-refractivity contribution in [2.24, 2.45) is 0 Å². The van der Waals surface area contributed by atoms with Crippen molar-refractivity contribution in [3.05, 3.63) is 47.7 Å². The van der Waals surface area contributed by atoms with Gasteiger partial charge < -0.3 is 15.0 Å². The van der Waals surface area contributed by atoms with Gasteiger partial charge in [-0.1, -0.05) is 29.8 Å². The Morgan fingerprint density at radius 3 is 2.96 bits per heavy atom. The Labute approximate surface area is 146 Å². The summed E-state index contributed by atoms with van der Waals surface area (Å²) in [7, 11) is 0. The summed E-state index contributed by atoms with van der Waals surface area (Å²) in [5.41, 5.74) is 0. The number of likely N-dealkylation sites (tertiary alicyclic amines) is 1. The summed E-state index contributed by atoms with van der Waals surface area (Å²) >= 11 is 5.81. The molecule has 0 bridgehead atoms. The molecule has 7 heteroatoms. The first-order chi connectivity index (χ1) is 11.7. The highest BCUT2D eigenvalue weighted by atomic mass is 35.5. The number of carbonyl (C=O) groups is 1. The molecule has 1 aromatic carbocycles. The molecule has 3 rings (SSSR count). The average Bonchev–Trinajstić information content (AvgIpc) is 3.21. The van der Waals surface area contributed by atoms with E-state index in [0.29, 0.717) is 18.1 Å².